The van der Waals surface area contributed by atoms with Crippen LogP contribution in [0, 0.1) is 0 Å². The molecule has 0 aliphatic rings. The standard InChI is InChI=1S/C13H14N2O/c1-16-12-4-2-10(3-5-12)13-9-15-7-6-11(13)8-14/h2-7,9H,8,14H2,1H3. The smallest absolute Gasteiger partial charge is 0.118 e. The van der Waals surface area contributed by atoms with Crippen LogP contribution in [-0.4, -0.2) is 12.1 Å². The minimum Gasteiger partial charge on any atom is -0.497 e. The van der Waals surface area contributed by atoms with Crippen molar-refractivity contribution in [2.45, 2.75) is 6.54 Å². The number of methoxy groups -OCH3 is 1. The summed E-state index contributed by atoms with van der Waals surface area (Å²) in [6, 6.07) is 9.83. The van der Waals surface area contributed by atoms with Crippen LogP contribution in [0.25, 0.3) is 11.1 Å². The summed E-state index contributed by atoms with van der Waals surface area (Å²) in [7, 11) is 1.66. The van der Waals surface area contributed by atoms with Gasteiger partial charge >= 0.3 is 0 Å². The van der Waals surface area contributed by atoms with Crippen LogP contribution in [0.1, 0.15) is 5.56 Å². The first-order valence-electron chi connectivity index (χ1n) is 5.12. The first-order chi connectivity index (χ1) is 7.85. The van der Waals surface area contributed by atoms with Crippen LogP contribution in [0.2, 0.25) is 0 Å². The quantitative estimate of drug-likeness (QED) is 0.852. The second-order valence-electron chi connectivity index (χ2n) is 3.47. The third kappa shape index (κ3) is 2.04. The predicted molar refractivity (Wildman–Crippen MR) is 64.1 cm³/mol. The first-order valence-corrected chi connectivity index (χ1v) is 5.12. The van der Waals surface area contributed by atoms with E-state index in [2.05, 4.69) is 4.98 Å². The minimum absolute atomic E-state index is 0.518. The molecule has 3 heteroatoms. The van der Waals surface area contributed by atoms with Crippen molar-refractivity contribution >= 4 is 0 Å². The molecule has 0 atom stereocenters. The molecule has 0 fully saturated rings. The molecule has 0 aliphatic carbocycles. The van der Waals surface area contributed by atoms with Crippen LogP contribution in [0.3, 0.4) is 0 Å². The average molecular weight is 214 g/mol. The fraction of sp³-hybridized carbons (Fsp3) is 0.154. The van der Waals surface area contributed by atoms with E-state index in [1.54, 1.807) is 13.3 Å². The van der Waals surface area contributed by atoms with E-state index in [0.717, 1.165) is 22.4 Å². The molecule has 2 N–H and O–H groups in total. The van der Waals surface area contributed by atoms with Gasteiger partial charge in [0.15, 0.2) is 0 Å². The summed E-state index contributed by atoms with van der Waals surface area (Å²) in [6.07, 6.45) is 3.60. The number of pyridine rings is 1. The van der Waals surface area contributed by atoms with Crippen molar-refractivity contribution in [2.75, 3.05) is 7.11 Å². The Labute approximate surface area is 94.9 Å². The van der Waals surface area contributed by atoms with Gasteiger partial charge in [0.05, 0.1) is 7.11 Å². The zero-order valence-corrected chi connectivity index (χ0v) is 9.18. The second kappa shape index (κ2) is 4.77. The van der Waals surface area contributed by atoms with E-state index in [0.29, 0.717) is 6.54 Å². The van der Waals surface area contributed by atoms with E-state index in [9.17, 15) is 0 Å². The number of nitrogens with zero attached hydrogens (tertiary/aromatic N) is 1. The highest BCUT2D eigenvalue weighted by atomic mass is 16.5. The molecule has 82 valence electrons. The van der Waals surface area contributed by atoms with E-state index in [4.69, 9.17) is 10.5 Å². The van der Waals surface area contributed by atoms with Crippen molar-refractivity contribution in [2.24, 2.45) is 5.73 Å². The Morgan fingerprint density at radius 1 is 1.19 bits per heavy atom. The highest BCUT2D eigenvalue weighted by molar-refractivity contribution is 5.66. The van der Waals surface area contributed by atoms with E-state index in [-0.39, 0.29) is 0 Å². The lowest BCUT2D eigenvalue weighted by molar-refractivity contribution is 0.415. The van der Waals surface area contributed by atoms with Crippen LogP contribution in [0.5, 0.6) is 5.75 Å². The lowest BCUT2D eigenvalue weighted by atomic mass is 10.0. The summed E-state index contributed by atoms with van der Waals surface area (Å²) in [5.74, 6) is 0.849. The highest BCUT2D eigenvalue weighted by Gasteiger charge is 2.03. The topological polar surface area (TPSA) is 48.1 Å². The molecule has 0 amide bonds. The van der Waals surface area contributed by atoms with Crippen molar-refractivity contribution in [1.29, 1.82) is 0 Å². The van der Waals surface area contributed by atoms with Crippen molar-refractivity contribution < 1.29 is 4.74 Å². The van der Waals surface area contributed by atoms with Crippen LogP contribution in [0.4, 0.5) is 0 Å². The van der Waals surface area contributed by atoms with Crippen molar-refractivity contribution in [1.82, 2.24) is 4.98 Å². The van der Waals surface area contributed by atoms with Gasteiger partial charge in [0.2, 0.25) is 0 Å². The maximum atomic E-state index is 5.69. The third-order valence-corrected chi connectivity index (χ3v) is 2.53. The summed E-state index contributed by atoms with van der Waals surface area (Å²) < 4.78 is 5.12. The van der Waals surface area contributed by atoms with Crippen LogP contribution >= 0.6 is 0 Å². The van der Waals surface area contributed by atoms with Gasteiger partial charge < -0.3 is 10.5 Å². The van der Waals surface area contributed by atoms with Crippen molar-refractivity contribution in [3.05, 3.63) is 48.3 Å². The number of hydrogen-bond donors (Lipinski definition) is 1. The molecule has 1 aromatic carbocycles. The summed E-state index contributed by atoms with van der Waals surface area (Å²) in [5.41, 5.74) is 8.97. The highest BCUT2D eigenvalue weighted by Crippen LogP contribution is 2.24. The Kier molecular flexibility index (Phi) is 3.17. The van der Waals surface area contributed by atoms with Gasteiger partial charge in [0, 0.05) is 24.5 Å². The number of hydrogen-bond acceptors (Lipinski definition) is 3. The normalized spacial score (nSPS) is 10.1. The van der Waals surface area contributed by atoms with Crippen LogP contribution in [0.15, 0.2) is 42.7 Å². The number of nitrogens with two attached hydrogens (primary N) is 1. The van der Waals surface area contributed by atoms with Gasteiger partial charge in [0.25, 0.3) is 0 Å². The monoisotopic (exact) mass is 214 g/mol. The molecule has 0 radical (unpaired) electrons. The molecule has 0 saturated carbocycles. The number of rotatable bonds is 3. The predicted octanol–water partition coefficient (Wildman–Crippen LogP) is 2.22. The van der Waals surface area contributed by atoms with E-state index >= 15 is 0 Å². The molecule has 1 heterocycles. The summed E-state index contributed by atoms with van der Waals surface area (Å²) in [4.78, 5) is 4.13. The maximum absolute atomic E-state index is 5.69. The van der Waals surface area contributed by atoms with Gasteiger partial charge in [-0.1, -0.05) is 12.1 Å². The first kappa shape index (κ1) is 10.6. The molecular weight excluding hydrogens is 200 g/mol. The van der Waals surface area contributed by atoms with E-state index in [1.165, 1.54) is 0 Å². The Balaban J connectivity index is 2.42. The Morgan fingerprint density at radius 3 is 2.56 bits per heavy atom. The van der Waals surface area contributed by atoms with Gasteiger partial charge in [0.1, 0.15) is 5.75 Å². The summed E-state index contributed by atoms with van der Waals surface area (Å²) in [6.45, 7) is 0.518. The van der Waals surface area contributed by atoms with E-state index in [1.807, 2.05) is 36.5 Å². The third-order valence-electron chi connectivity index (χ3n) is 2.53. The Morgan fingerprint density at radius 2 is 1.94 bits per heavy atom. The average Bonchev–Trinajstić information content (AvgIpc) is 2.39. The molecule has 0 aliphatic heterocycles. The largest absolute Gasteiger partial charge is 0.497 e. The lowest BCUT2D eigenvalue weighted by Crippen LogP contribution is -1.99. The van der Waals surface area contributed by atoms with Gasteiger partial charge in [-0.3, -0.25) is 4.98 Å². The van der Waals surface area contributed by atoms with Gasteiger partial charge in [-0.15, -0.1) is 0 Å². The van der Waals surface area contributed by atoms with Crippen LogP contribution < -0.4 is 10.5 Å². The van der Waals surface area contributed by atoms with Crippen LogP contribution in [-0.2, 0) is 6.54 Å². The van der Waals surface area contributed by atoms with Crippen molar-refractivity contribution in [3.8, 4) is 16.9 Å². The molecule has 0 bridgehead atoms. The fourth-order valence-corrected chi connectivity index (χ4v) is 1.63. The summed E-state index contributed by atoms with van der Waals surface area (Å²) in [5, 5.41) is 0. The zero-order valence-electron chi connectivity index (χ0n) is 9.18. The Bertz CT molecular complexity index is 466. The van der Waals surface area contributed by atoms with Gasteiger partial charge in [-0.2, -0.15) is 0 Å². The molecule has 0 unspecified atom stereocenters. The molecular formula is C13H14N2O. The molecule has 0 saturated heterocycles. The molecule has 16 heavy (non-hydrogen) atoms. The SMILES string of the molecule is COc1ccc(-c2cnccc2CN)cc1. The molecule has 1 aromatic heterocycles. The molecule has 0 spiro atoms. The van der Waals surface area contributed by atoms with E-state index < -0.39 is 0 Å². The maximum Gasteiger partial charge on any atom is 0.118 e. The van der Waals surface area contributed by atoms with Gasteiger partial charge in [-0.05, 0) is 29.3 Å². The number of benzene rings is 1. The Hall–Kier alpha value is -1.87. The second-order valence-corrected chi connectivity index (χ2v) is 3.47. The molecule has 3 nitrogen and oxygen atoms in total. The minimum atomic E-state index is 0.518. The number of aromatic nitrogens is 1. The molecule has 2 aromatic rings. The number of ether oxygens (including phenoxy) is 1. The zero-order chi connectivity index (χ0) is 11.4. The summed E-state index contributed by atoms with van der Waals surface area (Å²) >= 11 is 0. The van der Waals surface area contributed by atoms with Gasteiger partial charge in [-0.25, -0.2) is 0 Å². The van der Waals surface area contributed by atoms with Crippen molar-refractivity contribution in [3.63, 3.8) is 0 Å². The lowest BCUT2D eigenvalue weighted by Gasteiger charge is -2.07. The fourth-order valence-electron chi connectivity index (χ4n) is 1.63. The molecule has 2 rings (SSSR count).